The highest BCUT2D eigenvalue weighted by Gasteiger charge is 2.17. The molecule has 0 radical (unpaired) electrons. The van der Waals surface area contributed by atoms with Crippen LogP contribution in [0.5, 0.6) is 0 Å². The lowest BCUT2D eigenvalue weighted by atomic mass is 9.95. The van der Waals surface area contributed by atoms with E-state index in [1.165, 1.54) is 12.1 Å². The Hall–Kier alpha value is -6.58. The molecule has 49 heavy (non-hydrogen) atoms. The minimum Gasteiger partial charge on any atom is -0.456 e. The summed E-state index contributed by atoms with van der Waals surface area (Å²) in [4.78, 5) is 0.607. The smallest absolute Gasteiger partial charge is 0.143 e. The molecule has 0 spiro atoms. The number of para-hydroxylation sites is 2. The van der Waals surface area contributed by atoms with E-state index in [0.29, 0.717) is 37.6 Å². The molecule has 3 nitrogen and oxygen atoms in total. The second-order valence-corrected chi connectivity index (χ2v) is 10.9. The van der Waals surface area contributed by atoms with Gasteiger partial charge < -0.3 is 13.7 Å². The van der Waals surface area contributed by atoms with Gasteiger partial charge >= 0.3 is 0 Å². The van der Waals surface area contributed by atoms with Gasteiger partial charge in [-0.2, -0.15) is 0 Å². The number of fused-ring (bicyclic) bond motifs is 8. The van der Waals surface area contributed by atoms with Crippen LogP contribution in [0.2, 0.25) is 0 Å². The highest BCUT2D eigenvalue weighted by atomic mass is 16.3. The number of hydrogen-bond acceptors (Lipinski definition) is 3. The molecule has 2 heterocycles. The van der Waals surface area contributed by atoms with Crippen molar-refractivity contribution in [3.63, 3.8) is 0 Å². The fourth-order valence-electron chi connectivity index (χ4n) is 6.00. The van der Waals surface area contributed by atoms with Crippen molar-refractivity contribution in [3.05, 3.63) is 175 Å². The normalized spacial score (nSPS) is 17.7. The van der Waals surface area contributed by atoms with E-state index in [-0.39, 0.29) is 33.0 Å². The van der Waals surface area contributed by atoms with Crippen LogP contribution in [-0.4, -0.2) is 0 Å². The van der Waals surface area contributed by atoms with Crippen molar-refractivity contribution in [1.82, 2.24) is 0 Å². The van der Waals surface area contributed by atoms with Gasteiger partial charge in [0.25, 0.3) is 0 Å². The summed E-state index contributed by atoms with van der Waals surface area (Å²) in [6.07, 6.45) is 0. The summed E-state index contributed by atoms with van der Waals surface area (Å²) in [6, 6.07) is -2.30. The second-order valence-electron chi connectivity index (χ2n) is 10.9. The molecular formula is C46H29NO2. The molecule has 10 rings (SSSR count). The van der Waals surface area contributed by atoms with Crippen molar-refractivity contribution in [2.45, 2.75) is 0 Å². The topological polar surface area (TPSA) is 29.5 Å². The van der Waals surface area contributed by atoms with E-state index in [2.05, 4.69) is 0 Å². The number of anilines is 3. The maximum Gasteiger partial charge on any atom is 0.143 e. The summed E-state index contributed by atoms with van der Waals surface area (Å²) in [5.41, 5.74) is -2.79. The zero-order valence-electron chi connectivity index (χ0n) is 45.9. The van der Waals surface area contributed by atoms with E-state index < -0.39 is 155 Å². The Bertz CT molecular complexity index is 3960. The average Bonchev–Trinajstić information content (AvgIpc) is 3.94. The molecule has 2 aromatic heterocycles. The minimum atomic E-state index is -0.945. The lowest BCUT2D eigenvalue weighted by Gasteiger charge is -2.25. The van der Waals surface area contributed by atoms with E-state index in [1.807, 2.05) is 0 Å². The number of rotatable bonds is 5. The molecule has 0 saturated carbocycles. The van der Waals surface area contributed by atoms with Crippen molar-refractivity contribution < 1.29 is 37.6 Å². The summed E-state index contributed by atoms with van der Waals surface area (Å²) in [5, 5.41) is 1.30. The summed E-state index contributed by atoms with van der Waals surface area (Å²) < 4.78 is 197. The molecule has 0 unspecified atom stereocenters. The molecule has 0 N–H and O–H groups in total. The fourth-order valence-corrected chi connectivity index (χ4v) is 6.00. The zero-order chi connectivity index (χ0) is 50.6. The van der Waals surface area contributed by atoms with Gasteiger partial charge in [-0.25, -0.2) is 0 Å². The summed E-state index contributed by atoms with van der Waals surface area (Å²) >= 11 is 0. The van der Waals surface area contributed by atoms with Crippen LogP contribution in [0.3, 0.4) is 0 Å². The van der Waals surface area contributed by atoms with Gasteiger partial charge in [-0.1, -0.05) is 109 Å². The van der Waals surface area contributed by atoms with Gasteiger partial charge in [0.05, 0.1) is 28.8 Å². The third kappa shape index (κ3) is 4.51. The van der Waals surface area contributed by atoms with Crippen LogP contribution >= 0.6 is 0 Å². The molecule has 0 fully saturated rings. The average molecular weight is 649 g/mol. The van der Waals surface area contributed by atoms with Crippen molar-refractivity contribution in [1.29, 1.82) is 0 Å². The minimum absolute atomic E-state index is 0.0301. The van der Waals surface area contributed by atoms with Crippen LogP contribution in [0.1, 0.15) is 28.8 Å². The van der Waals surface area contributed by atoms with Gasteiger partial charge in [0.2, 0.25) is 0 Å². The SMILES string of the molecule is [2H]c1c([2H])c([2H])c(-c2cc3c4ccc(-c5c([2H])c([2H])c(N(c6c([2H])c([2H])c([2H])c([2H])c6[2H])c6c([2H])c([2H])c7c(oc8c([2H])c([2H])c([2H])c([2H])c87)c6[2H])c([2H])c5[2H])cc4oc3c3ccccc23)c([2H])c1[2H]. The van der Waals surface area contributed by atoms with E-state index in [9.17, 15) is 8.22 Å². The lowest BCUT2D eigenvalue weighted by Crippen LogP contribution is -2.09. The molecule has 230 valence electrons. The van der Waals surface area contributed by atoms with E-state index in [4.69, 9.17) is 29.4 Å². The summed E-state index contributed by atoms with van der Waals surface area (Å²) in [6.45, 7) is 0. The largest absolute Gasteiger partial charge is 0.456 e. The molecule has 0 aliphatic heterocycles. The van der Waals surface area contributed by atoms with Crippen LogP contribution in [-0.2, 0) is 0 Å². The van der Waals surface area contributed by atoms with Crippen molar-refractivity contribution in [3.8, 4) is 22.3 Å². The molecule has 0 aliphatic carbocycles. The van der Waals surface area contributed by atoms with Crippen LogP contribution in [0.25, 0.3) is 76.9 Å². The Labute approximate surface area is 312 Å². The van der Waals surface area contributed by atoms with Gasteiger partial charge in [-0.05, 0) is 88.1 Å². The third-order valence-electron chi connectivity index (χ3n) is 8.18. The van der Waals surface area contributed by atoms with Gasteiger partial charge in [0.15, 0.2) is 0 Å². The first-order valence-corrected chi connectivity index (χ1v) is 14.9. The van der Waals surface area contributed by atoms with Gasteiger partial charge in [0.1, 0.15) is 22.3 Å². The Morgan fingerprint density at radius 1 is 0.408 bits per heavy atom. The van der Waals surface area contributed by atoms with Gasteiger partial charge in [0, 0.05) is 50.0 Å². The van der Waals surface area contributed by atoms with E-state index in [0.717, 1.165) is 0 Å². The first-order chi connectivity index (χ1) is 33.0. The molecule has 0 saturated heterocycles. The highest BCUT2D eigenvalue weighted by Crippen LogP contribution is 2.42. The standard InChI is InChI=1S/C46H29NO2/c1-3-11-31(12-4-1)41-29-42-39-25-21-32(27-44(39)49-46(42)40-17-8-7-15-36(40)41)30-19-22-34(23-20-30)47(33-13-5-2-6-14-33)35-24-26-38-37-16-9-10-18-43(37)48-45(38)28-35/h1-29H/i1D,2D,3D,4D,5D,6D,9D,10D,11D,12D,13D,14D,16D,18D,19D,20D,22D,23D,24D,26D,28D. The van der Waals surface area contributed by atoms with Crippen LogP contribution in [0, 0.1) is 0 Å². The van der Waals surface area contributed by atoms with Crippen molar-refractivity contribution in [2.75, 3.05) is 4.90 Å². The Kier molecular flexibility index (Phi) is 3.12. The number of nitrogens with zero attached hydrogens (tertiary/aromatic N) is 1. The number of hydrogen-bond donors (Lipinski definition) is 0. The molecule has 0 bridgehead atoms. The lowest BCUT2D eigenvalue weighted by molar-refractivity contribution is 0.669. The van der Waals surface area contributed by atoms with Crippen LogP contribution in [0.4, 0.5) is 17.1 Å². The van der Waals surface area contributed by atoms with E-state index in [1.54, 1.807) is 36.4 Å². The Morgan fingerprint density at radius 2 is 1.10 bits per heavy atom. The van der Waals surface area contributed by atoms with Gasteiger partial charge in [-0.3, -0.25) is 0 Å². The van der Waals surface area contributed by atoms with Crippen LogP contribution in [0.15, 0.2) is 184 Å². The molecule has 0 atom stereocenters. The zero-order valence-corrected chi connectivity index (χ0v) is 24.9. The van der Waals surface area contributed by atoms with Crippen molar-refractivity contribution >= 4 is 71.7 Å². The number of benzene rings is 8. The monoisotopic (exact) mass is 648 g/mol. The molecule has 10 aromatic rings. The maximum absolute atomic E-state index is 9.45. The Balaban J connectivity index is 1.23. The van der Waals surface area contributed by atoms with E-state index >= 15 is 0 Å². The second kappa shape index (κ2) is 11.0. The summed E-state index contributed by atoms with van der Waals surface area (Å²) in [7, 11) is 0. The van der Waals surface area contributed by atoms with Crippen LogP contribution < -0.4 is 4.90 Å². The third-order valence-corrected chi connectivity index (χ3v) is 8.18. The molecule has 8 aromatic carbocycles. The maximum atomic E-state index is 9.45. The first-order valence-electron chi connectivity index (χ1n) is 25.4. The molecule has 3 heteroatoms. The Morgan fingerprint density at radius 3 is 1.94 bits per heavy atom. The quantitative estimate of drug-likeness (QED) is 0.186. The molecule has 0 aliphatic rings. The molecular weight excluding hydrogens is 599 g/mol. The van der Waals surface area contributed by atoms with Gasteiger partial charge in [-0.15, -0.1) is 0 Å². The summed E-state index contributed by atoms with van der Waals surface area (Å²) in [5.74, 6) is 0. The fraction of sp³-hybridized carbons (Fsp3) is 0. The highest BCUT2D eigenvalue weighted by molar-refractivity contribution is 6.19. The number of furan rings is 2. The predicted molar refractivity (Wildman–Crippen MR) is 204 cm³/mol. The predicted octanol–water partition coefficient (Wildman–Crippen LogP) is 13.4. The molecule has 0 amide bonds. The van der Waals surface area contributed by atoms with Crippen molar-refractivity contribution in [2.24, 2.45) is 0 Å². The first kappa shape index (κ1) is 13.9.